The van der Waals surface area contributed by atoms with Crippen LogP contribution in [0.2, 0.25) is 10.0 Å². The fourth-order valence-electron chi connectivity index (χ4n) is 2.81. The largest absolute Gasteiger partial charge is 0.326 e. The highest BCUT2D eigenvalue weighted by Gasteiger charge is 2.13. The number of benzene rings is 2. The molecule has 0 radical (unpaired) electrons. The van der Waals surface area contributed by atoms with Crippen LogP contribution in [0.3, 0.4) is 0 Å². The summed E-state index contributed by atoms with van der Waals surface area (Å²) in [6, 6.07) is 12.4. The lowest BCUT2D eigenvalue weighted by atomic mass is 10.1. The normalized spacial score (nSPS) is 11.2. The summed E-state index contributed by atoms with van der Waals surface area (Å²) in [5.74, 6) is -0.319. The van der Waals surface area contributed by atoms with E-state index in [0.717, 1.165) is 11.3 Å². The van der Waals surface area contributed by atoms with Gasteiger partial charge in [0.05, 0.1) is 5.69 Å². The second-order valence-electron chi connectivity index (χ2n) is 6.50. The van der Waals surface area contributed by atoms with Crippen LogP contribution in [0.1, 0.15) is 12.5 Å². The van der Waals surface area contributed by atoms with Crippen LogP contribution in [0.4, 0.5) is 11.6 Å². The minimum atomic E-state index is -0.384. The van der Waals surface area contributed by atoms with Crippen molar-refractivity contribution in [2.75, 3.05) is 10.6 Å². The molecule has 0 bridgehead atoms. The van der Waals surface area contributed by atoms with Gasteiger partial charge in [0.15, 0.2) is 0 Å². The average molecular weight is 472 g/mol. The number of hydrogen-bond acceptors (Lipinski definition) is 5. The molecule has 2 aromatic carbocycles. The molecule has 2 amide bonds. The smallest absolute Gasteiger partial charge is 0.250 e. The fraction of sp³-hybridized carbons (Fsp3) is 0.0476. The molecule has 0 aliphatic carbocycles. The molecule has 0 saturated heterocycles. The topological polar surface area (TPSA) is 88.4 Å². The second kappa shape index (κ2) is 8.89. The quantitative estimate of drug-likeness (QED) is 0.382. The molecule has 7 nitrogen and oxygen atoms in total. The molecule has 0 aliphatic rings. The maximum Gasteiger partial charge on any atom is 0.250 e. The monoisotopic (exact) mass is 471 g/mol. The second-order valence-corrected chi connectivity index (χ2v) is 8.18. The Morgan fingerprint density at radius 1 is 1.10 bits per heavy atom. The minimum Gasteiger partial charge on any atom is -0.326 e. The number of thiazole rings is 1. The van der Waals surface area contributed by atoms with E-state index >= 15 is 0 Å². The molecular weight excluding hydrogens is 457 g/mol. The van der Waals surface area contributed by atoms with E-state index in [2.05, 4.69) is 20.7 Å². The number of aromatic nitrogens is 3. The molecule has 0 spiro atoms. The van der Waals surface area contributed by atoms with E-state index in [-0.39, 0.29) is 17.8 Å². The van der Waals surface area contributed by atoms with Gasteiger partial charge in [-0.05, 0) is 35.9 Å². The molecule has 31 heavy (non-hydrogen) atoms. The number of hydrogen-bond donors (Lipinski definition) is 2. The van der Waals surface area contributed by atoms with Gasteiger partial charge in [0.25, 0.3) is 11.9 Å². The van der Waals surface area contributed by atoms with Gasteiger partial charge in [-0.2, -0.15) is 4.98 Å². The van der Waals surface area contributed by atoms with Crippen LogP contribution < -0.4 is 10.6 Å². The highest BCUT2D eigenvalue weighted by Crippen LogP contribution is 2.27. The average Bonchev–Trinajstić information content (AvgIpc) is 3.28. The van der Waals surface area contributed by atoms with Gasteiger partial charge in [-0.3, -0.25) is 14.9 Å². The molecule has 0 atom stereocenters. The first-order chi connectivity index (χ1) is 14.9. The molecular formula is C21H15Cl2N5O2S. The van der Waals surface area contributed by atoms with Gasteiger partial charge in [-0.25, -0.2) is 4.52 Å². The summed E-state index contributed by atoms with van der Waals surface area (Å²) in [7, 11) is 0. The summed E-state index contributed by atoms with van der Waals surface area (Å²) in [6.07, 6.45) is 2.94. The van der Waals surface area contributed by atoms with Crippen molar-refractivity contribution in [3.8, 4) is 11.3 Å². The molecule has 4 aromatic rings. The SMILES string of the molecule is CC(=O)Nc1ccc(-c2csc3nc(NC(=O)/C=C/c4ccc(Cl)cc4Cl)nn23)cc1. The summed E-state index contributed by atoms with van der Waals surface area (Å²) in [5.41, 5.74) is 3.11. The van der Waals surface area contributed by atoms with E-state index in [4.69, 9.17) is 23.2 Å². The minimum absolute atomic E-state index is 0.130. The molecule has 4 rings (SSSR count). The van der Waals surface area contributed by atoms with Crippen LogP contribution in [0.5, 0.6) is 0 Å². The lowest BCUT2D eigenvalue weighted by molar-refractivity contribution is -0.114. The number of rotatable bonds is 5. The third kappa shape index (κ3) is 4.93. The van der Waals surface area contributed by atoms with Gasteiger partial charge in [-0.1, -0.05) is 41.4 Å². The maximum atomic E-state index is 12.3. The molecule has 156 valence electrons. The molecule has 10 heteroatoms. The summed E-state index contributed by atoms with van der Waals surface area (Å²) < 4.78 is 1.66. The number of carbonyl (C=O) groups is 2. The number of nitrogens with zero attached hydrogens (tertiary/aromatic N) is 3. The van der Waals surface area contributed by atoms with Crippen LogP contribution in [0, 0.1) is 0 Å². The van der Waals surface area contributed by atoms with Crippen LogP contribution in [0.15, 0.2) is 53.9 Å². The molecule has 0 aliphatic heterocycles. The highest BCUT2D eigenvalue weighted by molar-refractivity contribution is 7.15. The van der Waals surface area contributed by atoms with Crippen LogP contribution in [0.25, 0.3) is 22.3 Å². The number of nitrogens with one attached hydrogen (secondary N) is 2. The predicted octanol–water partition coefficient (Wildman–Crippen LogP) is 5.37. The summed E-state index contributed by atoms with van der Waals surface area (Å²) in [4.78, 5) is 28.4. The third-order valence-electron chi connectivity index (χ3n) is 4.19. The van der Waals surface area contributed by atoms with Gasteiger partial charge < -0.3 is 5.32 Å². The van der Waals surface area contributed by atoms with E-state index in [0.29, 0.717) is 26.3 Å². The van der Waals surface area contributed by atoms with Crippen molar-refractivity contribution >= 4 is 69.0 Å². The van der Waals surface area contributed by atoms with E-state index in [1.54, 1.807) is 28.8 Å². The van der Waals surface area contributed by atoms with Gasteiger partial charge >= 0.3 is 0 Å². The van der Waals surface area contributed by atoms with Gasteiger partial charge in [-0.15, -0.1) is 16.4 Å². The number of amides is 2. The molecule has 2 heterocycles. The van der Waals surface area contributed by atoms with Crippen LogP contribution in [-0.2, 0) is 9.59 Å². The first-order valence-electron chi connectivity index (χ1n) is 9.05. The predicted molar refractivity (Wildman–Crippen MR) is 125 cm³/mol. The Kier molecular flexibility index (Phi) is 6.03. The van der Waals surface area contributed by atoms with Crippen molar-refractivity contribution in [1.29, 1.82) is 0 Å². The van der Waals surface area contributed by atoms with E-state index in [1.165, 1.54) is 24.3 Å². The van der Waals surface area contributed by atoms with Crippen molar-refractivity contribution < 1.29 is 9.59 Å². The van der Waals surface area contributed by atoms with Crippen molar-refractivity contribution in [1.82, 2.24) is 14.6 Å². The highest BCUT2D eigenvalue weighted by atomic mass is 35.5. The van der Waals surface area contributed by atoms with Gasteiger partial charge in [0.1, 0.15) is 0 Å². The van der Waals surface area contributed by atoms with Crippen molar-refractivity contribution in [2.24, 2.45) is 0 Å². The Morgan fingerprint density at radius 2 is 1.87 bits per heavy atom. The van der Waals surface area contributed by atoms with Crippen molar-refractivity contribution in [3.63, 3.8) is 0 Å². The number of halogens is 2. The molecule has 0 unspecified atom stereocenters. The lowest BCUT2D eigenvalue weighted by Gasteiger charge is -2.03. The summed E-state index contributed by atoms with van der Waals surface area (Å²) in [5, 5.41) is 12.7. The Morgan fingerprint density at radius 3 is 2.58 bits per heavy atom. The molecule has 0 fully saturated rings. The van der Waals surface area contributed by atoms with Crippen molar-refractivity contribution in [2.45, 2.75) is 6.92 Å². The standard InChI is InChI=1S/C21H15Cl2N5O2S/c1-12(29)24-16-7-3-14(4-8-16)18-11-31-21-26-20(27-28(18)21)25-19(30)9-5-13-2-6-15(22)10-17(13)23/h2-11H,1H3,(H,24,29)(H,25,27,30)/b9-5+. The molecule has 2 aromatic heterocycles. The summed E-state index contributed by atoms with van der Waals surface area (Å²) in [6.45, 7) is 1.46. The Bertz CT molecular complexity index is 1310. The first kappa shape index (κ1) is 21.0. The first-order valence-corrected chi connectivity index (χ1v) is 10.7. The van der Waals surface area contributed by atoms with E-state index in [1.807, 2.05) is 29.6 Å². The Balaban J connectivity index is 1.50. The van der Waals surface area contributed by atoms with Crippen molar-refractivity contribution in [3.05, 3.63) is 69.5 Å². The lowest BCUT2D eigenvalue weighted by Crippen LogP contribution is -2.09. The zero-order valence-electron chi connectivity index (χ0n) is 16.1. The Hall–Kier alpha value is -3.20. The Labute approximate surface area is 191 Å². The molecule has 2 N–H and O–H groups in total. The summed E-state index contributed by atoms with van der Waals surface area (Å²) >= 11 is 13.4. The van der Waals surface area contributed by atoms with Crippen LogP contribution >= 0.6 is 34.5 Å². The number of anilines is 2. The van der Waals surface area contributed by atoms with Gasteiger partial charge in [0.2, 0.25) is 10.9 Å². The maximum absolute atomic E-state index is 12.3. The van der Waals surface area contributed by atoms with E-state index < -0.39 is 0 Å². The zero-order valence-corrected chi connectivity index (χ0v) is 18.4. The number of carbonyl (C=O) groups excluding carboxylic acids is 2. The molecule has 0 saturated carbocycles. The fourth-order valence-corrected chi connectivity index (χ4v) is 4.12. The zero-order chi connectivity index (χ0) is 22.0. The van der Waals surface area contributed by atoms with Gasteiger partial charge in [0, 0.05) is 39.7 Å². The number of fused-ring (bicyclic) bond motifs is 1. The van der Waals surface area contributed by atoms with Crippen LogP contribution in [-0.4, -0.2) is 26.4 Å². The third-order valence-corrected chi connectivity index (χ3v) is 5.57. The van der Waals surface area contributed by atoms with E-state index in [9.17, 15) is 9.59 Å².